The van der Waals surface area contributed by atoms with Gasteiger partial charge in [0.25, 0.3) is 0 Å². The molecule has 0 atom stereocenters. The molecule has 1 aliphatic rings. The van der Waals surface area contributed by atoms with Crippen molar-refractivity contribution in [3.63, 3.8) is 0 Å². The van der Waals surface area contributed by atoms with Gasteiger partial charge >= 0.3 is 5.97 Å². The van der Waals surface area contributed by atoms with Crippen molar-refractivity contribution < 1.29 is 18.8 Å². The van der Waals surface area contributed by atoms with Gasteiger partial charge < -0.3 is 9.26 Å². The van der Waals surface area contributed by atoms with Crippen LogP contribution in [0.1, 0.15) is 46.5 Å². The van der Waals surface area contributed by atoms with E-state index >= 15 is 0 Å². The zero-order valence-corrected chi connectivity index (χ0v) is 14.0. The minimum absolute atomic E-state index is 0.0870. The number of aromatic nitrogens is 1. The quantitative estimate of drug-likeness (QED) is 0.522. The van der Waals surface area contributed by atoms with Crippen LogP contribution in [0, 0.1) is 5.92 Å². The molecular formula is C20H17NO4. The third-order valence-corrected chi connectivity index (χ3v) is 4.44. The van der Waals surface area contributed by atoms with Crippen molar-refractivity contribution in [3.8, 4) is 11.3 Å². The minimum atomic E-state index is -0.446. The lowest BCUT2D eigenvalue weighted by Gasteiger charge is -2.14. The molecule has 1 heterocycles. The predicted molar refractivity (Wildman–Crippen MR) is 92.6 cm³/mol. The lowest BCUT2D eigenvalue weighted by molar-refractivity contribution is 0.0489. The van der Waals surface area contributed by atoms with Crippen LogP contribution < -0.4 is 0 Å². The van der Waals surface area contributed by atoms with E-state index in [0.29, 0.717) is 51.4 Å². The van der Waals surface area contributed by atoms with Gasteiger partial charge in [0.1, 0.15) is 5.52 Å². The van der Waals surface area contributed by atoms with Crippen LogP contribution in [0.4, 0.5) is 0 Å². The number of nitrogens with zero attached hydrogens (tertiary/aromatic N) is 1. The molecule has 0 spiro atoms. The summed E-state index contributed by atoms with van der Waals surface area (Å²) in [5.41, 5.74) is 2.49. The van der Waals surface area contributed by atoms with E-state index in [1.54, 1.807) is 18.2 Å². The molecule has 3 aromatic rings. The molecule has 5 nitrogen and oxygen atoms in total. The van der Waals surface area contributed by atoms with E-state index in [1.807, 2.05) is 18.2 Å². The third kappa shape index (κ3) is 2.43. The van der Waals surface area contributed by atoms with Gasteiger partial charge in [-0.1, -0.05) is 43.3 Å². The molecule has 0 unspecified atom stereocenters. The number of carbonyl (C=O) groups excluding carboxylic acids is 2. The first kappa shape index (κ1) is 15.6. The van der Waals surface area contributed by atoms with Crippen molar-refractivity contribution in [3.05, 3.63) is 53.1 Å². The van der Waals surface area contributed by atoms with Crippen molar-refractivity contribution in [2.45, 2.75) is 20.3 Å². The van der Waals surface area contributed by atoms with E-state index < -0.39 is 5.97 Å². The van der Waals surface area contributed by atoms with Crippen LogP contribution in [-0.2, 0) is 4.74 Å². The molecule has 4 rings (SSSR count). The summed E-state index contributed by atoms with van der Waals surface area (Å²) in [6.07, 6.45) is 0.795. The fourth-order valence-electron chi connectivity index (χ4n) is 3.08. The molecule has 0 fully saturated rings. The van der Waals surface area contributed by atoms with E-state index in [0.717, 1.165) is 6.42 Å². The summed E-state index contributed by atoms with van der Waals surface area (Å²) >= 11 is 0. The molecule has 0 radical (unpaired) electrons. The van der Waals surface area contributed by atoms with E-state index in [2.05, 4.69) is 19.0 Å². The first-order valence-electron chi connectivity index (χ1n) is 8.31. The van der Waals surface area contributed by atoms with Crippen LogP contribution >= 0.6 is 0 Å². The van der Waals surface area contributed by atoms with Gasteiger partial charge in [-0.2, -0.15) is 0 Å². The third-order valence-electron chi connectivity index (χ3n) is 4.44. The lowest BCUT2D eigenvalue weighted by atomic mass is 9.87. The molecule has 5 heteroatoms. The van der Waals surface area contributed by atoms with Crippen molar-refractivity contribution in [1.82, 2.24) is 5.16 Å². The van der Waals surface area contributed by atoms with Crippen molar-refractivity contribution in [2.75, 3.05) is 6.61 Å². The summed E-state index contributed by atoms with van der Waals surface area (Å²) in [5.74, 6) is 0.444. The van der Waals surface area contributed by atoms with E-state index in [4.69, 9.17) is 9.26 Å². The Hall–Kier alpha value is -2.95. The van der Waals surface area contributed by atoms with Gasteiger partial charge in [0.2, 0.25) is 0 Å². The summed E-state index contributed by atoms with van der Waals surface area (Å²) < 4.78 is 10.8. The highest BCUT2D eigenvalue weighted by atomic mass is 16.5. The van der Waals surface area contributed by atoms with Crippen LogP contribution in [0.25, 0.3) is 22.2 Å². The molecule has 0 bridgehead atoms. The Bertz CT molecular complexity index is 1000. The number of carbonyl (C=O) groups is 2. The Morgan fingerprint density at radius 2 is 1.88 bits per heavy atom. The summed E-state index contributed by atoms with van der Waals surface area (Å²) in [6.45, 7) is 4.49. The number of fused-ring (bicyclic) bond motifs is 2. The minimum Gasteiger partial charge on any atom is -0.462 e. The van der Waals surface area contributed by atoms with Gasteiger partial charge in [0.05, 0.1) is 17.6 Å². The van der Waals surface area contributed by atoms with E-state index in [-0.39, 0.29) is 5.78 Å². The number of hydrogen-bond acceptors (Lipinski definition) is 5. The number of rotatable bonds is 4. The average Bonchev–Trinajstić information content (AvgIpc) is 3.04. The standard InChI is InChI=1S/C20H17NO4/c1-11(2)9-10-24-20(23)15-8-7-14-16-17(15)21-25-19(16)13-6-4-3-5-12(13)18(14)22/h3-8,11H,9-10H2,1-2H3. The van der Waals surface area contributed by atoms with Crippen LogP contribution in [-0.4, -0.2) is 23.5 Å². The van der Waals surface area contributed by atoms with Crippen LogP contribution in [0.3, 0.4) is 0 Å². The zero-order chi connectivity index (χ0) is 17.6. The fraction of sp³-hybridized carbons (Fsp3) is 0.250. The molecule has 1 aromatic heterocycles. The molecule has 2 aromatic carbocycles. The van der Waals surface area contributed by atoms with Crippen LogP contribution in [0.15, 0.2) is 40.9 Å². The summed E-state index contributed by atoms with van der Waals surface area (Å²) in [7, 11) is 0. The average molecular weight is 335 g/mol. The van der Waals surface area contributed by atoms with Gasteiger partial charge in [-0.05, 0) is 24.5 Å². The summed E-state index contributed by atoms with van der Waals surface area (Å²) in [5, 5.41) is 4.65. The number of esters is 1. The molecule has 0 N–H and O–H groups in total. The highest BCUT2D eigenvalue weighted by molar-refractivity contribution is 6.26. The van der Waals surface area contributed by atoms with E-state index in [9.17, 15) is 9.59 Å². The summed E-state index contributed by atoms with van der Waals surface area (Å²) in [4.78, 5) is 25.1. The van der Waals surface area contributed by atoms with Crippen molar-refractivity contribution in [2.24, 2.45) is 5.92 Å². The number of benzene rings is 2. The molecular weight excluding hydrogens is 318 g/mol. The topological polar surface area (TPSA) is 69.4 Å². The maximum atomic E-state index is 12.7. The van der Waals surface area contributed by atoms with Gasteiger partial charge in [0, 0.05) is 16.7 Å². The molecule has 0 saturated heterocycles. The zero-order valence-electron chi connectivity index (χ0n) is 14.0. The van der Waals surface area contributed by atoms with E-state index in [1.165, 1.54) is 0 Å². The van der Waals surface area contributed by atoms with Crippen molar-refractivity contribution in [1.29, 1.82) is 0 Å². The second kappa shape index (κ2) is 5.84. The Morgan fingerprint density at radius 3 is 2.64 bits per heavy atom. The highest BCUT2D eigenvalue weighted by Gasteiger charge is 2.31. The maximum absolute atomic E-state index is 12.7. The molecule has 126 valence electrons. The SMILES string of the molecule is CC(C)CCOC(=O)c1ccc2c3c(onc13)-c1ccccc1C2=O. The second-order valence-corrected chi connectivity index (χ2v) is 6.59. The fourth-order valence-corrected chi connectivity index (χ4v) is 3.08. The van der Waals surface area contributed by atoms with Crippen LogP contribution in [0.5, 0.6) is 0 Å². The first-order valence-corrected chi connectivity index (χ1v) is 8.31. The Morgan fingerprint density at radius 1 is 1.12 bits per heavy atom. The molecule has 0 amide bonds. The Balaban J connectivity index is 1.80. The summed E-state index contributed by atoms with van der Waals surface area (Å²) in [6, 6.07) is 10.5. The van der Waals surface area contributed by atoms with Crippen LogP contribution in [0.2, 0.25) is 0 Å². The first-order chi connectivity index (χ1) is 12.1. The predicted octanol–water partition coefficient (Wildman–Crippen LogP) is 4.24. The highest BCUT2D eigenvalue weighted by Crippen LogP contribution is 2.40. The maximum Gasteiger partial charge on any atom is 0.340 e. The monoisotopic (exact) mass is 335 g/mol. The molecule has 25 heavy (non-hydrogen) atoms. The van der Waals surface area contributed by atoms with Crippen molar-refractivity contribution >= 4 is 22.7 Å². The second-order valence-electron chi connectivity index (χ2n) is 6.59. The van der Waals surface area contributed by atoms with Gasteiger partial charge in [-0.3, -0.25) is 4.79 Å². The largest absolute Gasteiger partial charge is 0.462 e. The molecule has 0 saturated carbocycles. The Kier molecular flexibility index (Phi) is 3.64. The lowest BCUT2D eigenvalue weighted by Crippen LogP contribution is -2.12. The molecule has 1 aliphatic carbocycles. The van der Waals surface area contributed by atoms with Gasteiger partial charge in [0.15, 0.2) is 11.5 Å². The smallest absolute Gasteiger partial charge is 0.340 e. The number of ether oxygens (including phenoxy) is 1. The van der Waals surface area contributed by atoms with Gasteiger partial charge in [-0.15, -0.1) is 0 Å². The van der Waals surface area contributed by atoms with Gasteiger partial charge in [-0.25, -0.2) is 4.79 Å². The normalized spacial score (nSPS) is 12.5. The number of hydrogen-bond donors (Lipinski definition) is 0. The number of ketones is 1. The molecule has 0 aliphatic heterocycles. The Labute approximate surface area is 144 Å².